The van der Waals surface area contributed by atoms with Crippen LogP contribution in [0.25, 0.3) is 0 Å². The van der Waals surface area contributed by atoms with Crippen molar-refractivity contribution in [1.82, 2.24) is 0 Å². The van der Waals surface area contributed by atoms with Crippen molar-refractivity contribution in [2.45, 2.75) is 0 Å². The zero-order valence-corrected chi connectivity index (χ0v) is 9.54. The normalized spacial score (nSPS) is 10.2. The van der Waals surface area contributed by atoms with Crippen molar-refractivity contribution in [2.24, 2.45) is 5.14 Å². The third kappa shape index (κ3) is 32.1. The van der Waals surface area contributed by atoms with Crippen LogP contribution in [-0.4, -0.2) is 46.2 Å². The molecule has 0 aromatic heterocycles. The van der Waals surface area contributed by atoms with Crippen LogP contribution >= 0.6 is 0 Å². The maximum atomic E-state index is 10.4. The molecule has 0 rings (SSSR count). The van der Waals surface area contributed by atoms with Gasteiger partial charge in [0.25, 0.3) is 0 Å². The molecule has 0 amide bonds. The molecule has 0 atom stereocenters. The highest BCUT2D eigenvalue weighted by molar-refractivity contribution is 7.83. The molecule has 15 heavy (non-hydrogen) atoms. The largest absolute Gasteiger partial charge is 0.736 e. The second kappa shape index (κ2) is 8.36. The van der Waals surface area contributed by atoms with Crippen LogP contribution in [0.2, 0.25) is 0 Å². The van der Waals surface area contributed by atoms with Gasteiger partial charge in [0.1, 0.15) is 13.2 Å². The van der Waals surface area contributed by atoms with E-state index in [2.05, 4.69) is 11.7 Å². The number of nitrogens with one attached hydrogen (secondary N) is 1. The summed E-state index contributed by atoms with van der Waals surface area (Å²) in [6.07, 6.45) is 1.17. The predicted octanol–water partition coefficient (Wildman–Crippen LogP) is -2.73. The Morgan fingerprint density at radius 2 is 2.00 bits per heavy atom. The Morgan fingerprint density at radius 1 is 1.60 bits per heavy atom. The number of nitrogens with two attached hydrogens (primary N) is 1. The Hall–Kier alpha value is -0.960. The number of hydrogen-bond acceptors (Lipinski definition) is 5. The number of ether oxygens (including phenoxy) is 1. The molecule has 90 valence electrons. The molecule has 0 bridgehead atoms. The number of carbonyl (C=O) groups excluding carboxylic acids is 1. The van der Waals surface area contributed by atoms with Crippen LogP contribution in [0, 0.1) is 0 Å². The lowest BCUT2D eigenvalue weighted by Gasteiger charge is -2.05. The summed E-state index contributed by atoms with van der Waals surface area (Å²) in [6.45, 7) is 4.58. The molecular formula is C7H16N2O5S. The number of hydrogen-bond donors (Lipinski definition) is 2. The van der Waals surface area contributed by atoms with Crippen molar-refractivity contribution < 1.29 is 27.4 Å². The zero-order chi connectivity index (χ0) is 12.5. The van der Waals surface area contributed by atoms with E-state index in [1.807, 2.05) is 14.1 Å². The van der Waals surface area contributed by atoms with Crippen LogP contribution in [-0.2, 0) is 19.8 Å². The molecule has 7 nitrogen and oxygen atoms in total. The van der Waals surface area contributed by atoms with Crippen LogP contribution in [0.1, 0.15) is 0 Å². The van der Waals surface area contributed by atoms with Gasteiger partial charge >= 0.3 is 5.97 Å². The van der Waals surface area contributed by atoms with Gasteiger partial charge in [-0.2, -0.15) is 0 Å². The van der Waals surface area contributed by atoms with Gasteiger partial charge in [-0.25, -0.2) is 18.4 Å². The van der Waals surface area contributed by atoms with Crippen LogP contribution in [0.4, 0.5) is 0 Å². The van der Waals surface area contributed by atoms with Gasteiger partial charge in [-0.3, -0.25) is 0 Å². The molecule has 0 unspecified atom stereocenters. The summed E-state index contributed by atoms with van der Waals surface area (Å²) in [4.78, 5) is 11.7. The molecule has 0 aliphatic rings. The molecular weight excluding hydrogens is 224 g/mol. The SMILES string of the molecule is C=CC(=O)OCC[NH+](C)C.NS(=O)(=O)[O-]. The lowest BCUT2D eigenvalue weighted by molar-refractivity contribution is -0.858. The van der Waals surface area contributed by atoms with Crippen molar-refractivity contribution in [3.05, 3.63) is 12.7 Å². The summed E-state index contributed by atoms with van der Waals surface area (Å²) in [5.74, 6) is -0.346. The summed E-state index contributed by atoms with van der Waals surface area (Å²) in [5.41, 5.74) is 0. The molecule has 0 aliphatic carbocycles. The molecule has 0 heterocycles. The number of esters is 1. The number of likely N-dealkylation sites (N-methyl/N-ethyl adjacent to an activating group) is 1. The molecule has 0 spiro atoms. The van der Waals surface area contributed by atoms with Crippen LogP contribution in [0.3, 0.4) is 0 Å². The quantitative estimate of drug-likeness (QED) is 0.314. The minimum absolute atomic E-state index is 0.346. The van der Waals surface area contributed by atoms with Crippen molar-refractivity contribution >= 4 is 16.3 Å². The topological polar surface area (TPSA) is 114 Å². The Balaban J connectivity index is 0. The van der Waals surface area contributed by atoms with E-state index in [0.717, 1.165) is 6.54 Å². The third-order valence-corrected chi connectivity index (χ3v) is 1.01. The van der Waals surface area contributed by atoms with Gasteiger partial charge in [-0.05, 0) is 0 Å². The maximum absolute atomic E-state index is 10.4. The predicted molar refractivity (Wildman–Crippen MR) is 52.7 cm³/mol. The van der Waals surface area contributed by atoms with Gasteiger partial charge in [0.2, 0.25) is 0 Å². The first-order valence-electron chi connectivity index (χ1n) is 3.98. The Kier molecular flexibility index (Phi) is 9.18. The van der Waals surface area contributed by atoms with Crippen LogP contribution < -0.4 is 10.0 Å². The lowest BCUT2D eigenvalue weighted by Crippen LogP contribution is -3.06. The average molecular weight is 240 g/mol. The molecule has 3 N–H and O–H groups in total. The van der Waals surface area contributed by atoms with E-state index in [9.17, 15) is 4.79 Å². The Labute approximate surface area is 89.4 Å². The van der Waals surface area contributed by atoms with E-state index >= 15 is 0 Å². The average Bonchev–Trinajstić information content (AvgIpc) is 2.00. The lowest BCUT2D eigenvalue weighted by atomic mass is 10.6. The van der Waals surface area contributed by atoms with Crippen molar-refractivity contribution in [3.63, 3.8) is 0 Å². The number of carbonyl (C=O) groups is 1. The smallest absolute Gasteiger partial charge is 0.330 e. The molecule has 0 radical (unpaired) electrons. The zero-order valence-electron chi connectivity index (χ0n) is 8.73. The summed E-state index contributed by atoms with van der Waals surface area (Å²) in [7, 11) is -0.413. The van der Waals surface area contributed by atoms with Gasteiger partial charge in [-0.1, -0.05) is 6.58 Å². The van der Waals surface area contributed by atoms with Gasteiger partial charge in [0, 0.05) is 6.08 Å². The highest BCUT2D eigenvalue weighted by Crippen LogP contribution is 1.74. The minimum Gasteiger partial charge on any atom is -0.736 e. The fourth-order valence-corrected chi connectivity index (χ4v) is 0.415. The van der Waals surface area contributed by atoms with E-state index in [4.69, 9.17) is 17.7 Å². The molecule has 0 fully saturated rings. The van der Waals surface area contributed by atoms with E-state index in [1.165, 1.54) is 11.0 Å². The first-order valence-corrected chi connectivity index (χ1v) is 5.45. The second-order valence-electron chi connectivity index (χ2n) is 2.82. The van der Waals surface area contributed by atoms with Crippen molar-refractivity contribution in [3.8, 4) is 0 Å². The number of quaternary nitrogens is 1. The van der Waals surface area contributed by atoms with Gasteiger partial charge in [-0.15, -0.1) is 0 Å². The van der Waals surface area contributed by atoms with Gasteiger partial charge in [0.05, 0.1) is 14.1 Å². The van der Waals surface area contributed by atoms with E-state index in [-0.39, 0.29) is 5.97 Å². The fraction of sp³-hybridized carbons (Fsp3) is 0.571. The molecule has 0 saturated carbocycles. The summed E-state index contributed by atoms with van der Waals surface area (Å²) in [6, 6.07) is 0. The monoisotopic (exact) mass is 240 g/mol. The molecule has 8 heteroatoms. The summed E-state index contributed by atoms with van der Waals surface area (Å²) in [5, 5.41) is 3.77. The Bertz CT molecular complexity index is 278. The van der Waals surface area contributed by atoms with Crippen LogP contribution in [0.5, 0.6) is 0 Å². The van der Waals surface area contributed by atoms with Gasteiger partial charge in [0.15, 0.2) is 10.3 Å². The molecule has 0 saturated heterocycles. The Morgan fingerprint density at radius 3 is 2.27 bits per heavy atom. The van der Waals surface area contributed by atoms with Crippen LogP contribution in [0.15, 0.2) is 12.7 Å². The highest BCUT2D eigenvalue weighted by Gasteiger charge is 1.96. The minimum atomic E-state index is -4.42. The maximum Gasteiger partial charge on any atom is 0.330 e. The van der Waals surface area contributed by atoms with Gasteiger partial charge < -0.3 is 14.2 Å². The van der Waals surface area contributed by atoms with Crippen molar-refractivity contribution in [1.29, 1.82) is 0 Å². The summed E-state index contributed by atoms with van der Waals surface area (Å²) < 4.78 is 31.3. The second-order valence-corrected chi connectivity index (χ2v) is 3.81. The summed E-state index contributed by atoms with van der Waals surface area (Å²) >= 11 is 0. The standard InChI is InChI=1S/C7H13NO2.H3NO3S/c1-4-7(9)10-6-5-8(2)3;1-5(2,3)4/h4H,1,5-6H2,2-3H3;(H3,1,2,3,4). The fourth-order valence-electron chi connectivity index (χ4n) is 0.415. The molecule has 0 aromatic carbocycles. The highest BCUT2D eigenvalue weighted by atomic mass is 32.2. The first-order chi connectivity index (χ1) is 6.66. The molecule has 0 aromatic rings. The van der Waals surface area contributed by atoms with E-state index < -0.39 is 10.3 Å². The van der Waals surface area contributed by atoms with E-state index in [1.54, 1.807) is 0 Å². The number of rotatable bonds is 4. The third-order valence-electron chi connectivity index (χ3n) is 1.01. The molecule has 0 aliphatic heterocycles. The van der Waals surface area contributed by atoms with Crippen molar-refractivity contribution in [2.75, 3.05) is 27.2 Å². The first kappa shape index (κ1) is 16.5. The van der Waals surface area contributed by atoms with E-state index in [0.29, 0.717) is 6.61 Å².